The summed E-state index contributed by atoms with van der Waals surface area (Å²) >= 11 is 0. The predicted octanol–water partition coefficient (Wildman–Crippen LogP) is 4.27. The summed E-state index contributed by atoms with van der Waals surface area (Å²) in [5.41, 5.74) is 4.14. The topological polar surface area (TPSA) is 84.3 Å². The van der Waals surface area contributed by atoms with Gasteiger partial charge in [0.25, 0.3) is 0 Å². The minimum Gasteiger partial charge on any atom is -0.496 e. The summed E-state index contributed by atoms with van der Waals surface area (Å²) in [7, 11) is 1.57. The van der Waals surface area contributed by atoms with Gasteiger partial charge >= 0.3 is 5.63 Å². The molecule has 160 valence electrons. The fraction of sp³-hybridized carbons (Fsp3) is 0.280. The highest BCUT2D eigenvalue weighted by Gasteiger charge is 2.14. The zero-order valence-corrected chi connectivity index (χ0v) is 18.0. The average molecular weight is 418 g/mol. The van der Waals surface area contributed by atoms with Crippen LogP contribution in [0.1, 0.15) is 30.0 Å². The molecule has 0 radical (unpaired) electrons. The smallest absolute Gasteiger partial charge is 0.336 e. The molecule has 0 bridgehead atoms. The van der Waals surface area contributed by atoms with Crippen LogP contribution in [0.5, 0.6) is 5.75 Å². The predicted molar refractivity (Wildman–Crippen MR) is 122 cm³/mol. The third kappa shape index (κ3) is 4.48. The Labute approximate surface area is 180 Å². The highest BCUT2D eigenvalue weighted by molar-refractivity contribution is 5.84. The lowest BCUT2D eigenvalue weighted by atomic mass is 10.0. The van der Waals surface area contributed by atoms with E-state index in [1.165, 1.54) is 17.0 Å². The molecule has 4 rings (SSSR count). The lowest BCUT2D eigenvalue weighted by molar-refractivity contribution is -0.121. The minimum absolute atomic E-state index is 0.00851. The number of aryl methyl sites for hydroxylation is 2. The molecular weight excluding hydrogens is 392 g/mol. The highest BCUT2D eigenvalue weighted by Crippen LogP contribution is 2.28. The summed E-state index contributed by atoms with van der Waals surface area (Å²) in [6.07, 6.45) is 3.64. The molecular formula is C25H26N2O4. The Hall–Kier alpha value is -3.54. The maximum absolute atomic E-state index is 12.6. The maximum Gasteiger partial charge on any atom is 0.336 e. The Balaban J connectivity index is 1.42. The van der Waals surface area contributed by atoms with Gasteiger partial charge in [0.05, 0.1) is 7.11 Å². The van der Waals surface area contributed by atoms with Gasteiger partial charge in [0.2, 0.25) is 5.91 Å². The van der Waals surface area contributed by atoms with E-state index in [1.807, 2.05) is 44.3 Å². The van der Waals surface area contributed by atoms with E-state index < -0.39 is 0 Å². The highest BCUT2D eigenvalue weighted by atomic mass is 16.5. The summed E-state index contributed by atoms with van der Waals surface area (Å²) in [6, 6.07) is 13.3. The number of H-pyrrole nitrogens is 1. The van der Waals surface area contributed by atoms with Crippen molar-refractivity contribution in [3.8, 4) is 5.75 Å². The first kappa shape index (κ1) is 20.7. The van der Waals surface area contributed by atoms with Crippen LogP contribution in [0.3, 0.4) is 0 Å². The number of amides is 1. The summed E-state index contributed by atoms with van der Waals surface area (Å²) in [5, 5.41) is 5.13. The fourth-order valence-corrected chi connectivity index (χ4v) is 4.05. The molecule has 0 spiro atoms. The van der Waals surface area contributed by atoms with Crippen LogP contribution >= 0.6 is 0 Å². The number of carbonyl (C=O) groups is 1. The second-order valence-electron chi connectivity index (χ2n) is 7.94. The molecule has 2 N–H and O–H groups in total. The van der Waals surface area contributed by atoms with Crippen molar-refractivity contribution in [3.05, 3.63) is 75.8 Å². The number of nitrogens with one attached hydrogen (secondary N) is 2. The second-order valence-corrected chi connectivity index (χ2v) is 7.94. The van der Waals surface area contributed by atoms with Gasteiger partial charge < -0.3 is 19.5 Å². The van der Waals surface area contributed by atoms with Crippen LogP contribution in [0.25, 0.3) is 21.9 Å². The van der Waals surface area contributed by atoms with E-state index in [9.17, 15) is 9.59 Å². The van der Waals surface area contributed by atoms with Crippen LogP contribution in [-0.4, -0.2) is 24.0 Å². The Morgan fingerprint density at radius 2 is 1.97 bits per heavy atom. The van der Waals surface area contributed by atoms with Crippen molar-refractivity contribution in [1.29, 1.82) is 0 Å². The van der Waals surface area contributed by atoms with Gasteiger partial charge in [0.15, 0.2) is 0 Å². The van der Waals surface area contributed by atoms with E-state index in [4.69, 9.17) is 9.15 Å². The number of methoxy groups -OCH3 is 1. The van der Waals surface area contributed by atoms with E-state index in [1.54, 1.807) is 13.2 Å². The van der Waals surface area contributed by atoms with Crippen LogP contribution < -0.4 is 15.7 Å². The molecule has 0 unspecified atom stereocenters. The standard InChI is InChI=1S/C25H26N2O4/c1-15-10-25(29)31-23-13-22(30-3)17(12-20(15)23)8-9-24(28)27-16(2)11-18-14-26-21-7-5-4-6-19(18)21/h4-7,10,12-14,16,26H,8-9,11H2,1-3H3,(H,27,28)/t16-/m1/s1. The fourth-order valence-electron chi connectivity index (χ4n) is 4.05. The third-order valence-corrected chi connectivity index (χ3v) is 5.58. The summed E-state index contributed by atoms with van der Waals surface area (Å²) in [4.78, 5) is 27.5. The van der Waals surface area contributed by atoms with Gasteiger partial charge in [-0.2, -0.15) is 0 Å². The van der Waals surface area contributed by atoms with Gasteiger partial charge in [-0.25, -0.2) is 4.79 Å². The van der Waals surface area contributed by atoms with E-state index in [0.29, 0.717) is 24.2 Å². The summed E-state index contributed by atoms with van der Waals surface area (Å²) < 4.78 is 10.7. The van der Waals surface area contributed by atoms with E-state index in [-0.39, 0.29) is 17.6 Å². The first-order chi connectivity index (χ1) is 14.9. The van der Waals surface area contributed by atoms with Crippen molar-refractivity contribution in [2.45, 2.75) is 39.2 Å². The zero-order valence-electron chi connectivity index (χ0n) is 18.0. The first-order valence-corrected chi connectivity index (χ1v) is 10.4. The lowest BCUT2D eigenvalue weighted by Gasteiger charge is -2.15. The van der Waals surface area contributed by atoms with Crippen LogP contribution in [0.2, 0.25) is 0 Å². The van der Waals surface area contributed by atoms with Crippen molar-refractivity contribution in [2.75, 3.05) is 7.11 Å². The average Bonchev–Trinajstić information content (AvgIpc) is 3.14. The van der Waals surface area contributed by atoms with Crippen molar-refractivity contribution in [3.63, 3.8) is 0 Å². The molecule has 0 aliphatic carbocycles. The van der Waals surface area contributed by atoms with Gasteiger partial charge in [0.1, 0.15) is 11.3 Å². The second kappa shape index (κ2) is 8.68. The minimum atomic E-state index is -0.386. The van der Waals surface area contributed by atoms with Gasteiger partial charge in [-0.3, -0.25) is 4.79 Å². The third-order valence-electron chi connectivity index (χ3n) is 5.58. The molecule has 0 saturated heterocycles. The Morgan fingerprint density at radius 3 is 2.77 bits per heavy atom. The normalized spacial score (nSPS) is 12.2. The number of fused-ring (bicyclic) bond motifs is 2. The SMILES string of the molecule is COc1cc2oc(=O)cc(C)c2cc1CCC(=O)N[C@H](C)Cc1c[nH]c2ccccc12. The summed E-state index contributed by atoms with van der Waals surface area (Å²) in [6.45, 7) is 3.89. The molecule has 4 aromatic rings. The Kier molecular flexibility index (Phi) is 5.80. The number of ether oxygens (including phenoxy) is 1. The lowest BCUT2D eigenvalue weighted by Crippen LogP contribution is -2.34. The van der Waals surface area contributed by atoms with Crippen molar-refractivity contribution < 1.29 is 13.9 Å². The maximum atomic E-state index is 12.6. The number of hydrogen-bond acceptors (Lipinski definition) is 4. The number of aromatic amines is 1. The number of carbonyl (C=O) groups excluding carboxylic acids is 1. The molecule has 6 heteroatoms. The summed E-state index contributed by atoms with van der Waals surface area (Å²) in [5.74, 6) is 0.603. The molecule has 0 saturated carbocycles. The van der Waals surface area contributed by atoms with Gasteiger partial charge in [-0.05, 0) is 55.5 Å². The van der Waals surface area contributed by atoms with Crippen molar-refractivity contribution >= 4 is 27.8 Å². The first-order valence-electron chi connectivity index (χ1n) is 10.4. The van der Waals surface area contributed by atoms with Crippen molar-refractivity contribution in [2.24, 2.45) is 0 Å². The van der Waals surface area contributed by atoms with Crippen LogP contribution in [0.4, 0.5) is 0 Å². The Bertz CT molecular complexity index is 1300. The number of para-hydroxylation sites is 1. The number of hydrogen-bond donors (Lipinski definition) is 2. The quantitative estimate of drug-likeness (QED) is 0.439. The van der Waals surface area contributed by atoms with Crippen molar-refractivity contribution in [1.82, 2.24) is 10.3 Å². The van der Waals surface area contributed by atoms with E-state index in [2.05, 4.69) is 16.4 Å². The molecule has 2 heterocycles. The molecule has 1 atom stereocenters. The number of benzene rings is 2. The molecule has 1 amide bonds. The largest absolute Gasteiger partial charge is 0.496 e. The zero-order chi connectivity index (χ0) is 22.0. The van der Waals surface area contributed by atoms with Gasteiger partial charge in [-0.15, -0.1) is 0 Å². The molecule has 0 aliphatic rings. The molecule has 31 heavy (non-hydrogen) atoms. The molecule has 0 aliphatic heterocycles. The van der Waals surface area contributed by atoms with Crippen LogP contribution in [-0.2, 0) is 17.6 Å². The monoisotopic (exact) mass is 418 g/mol. The van der Waals surface area contributed by atoms with Crippen LogP contribution in [0, 0.1) is 6.92 Å². The van der Waals surface area contributed by atoms with Gasteiger partial charge in [0, 0.05) is 47.1 Å². The Morgan fingerprint density at radius 1 is 1.16 bits per heavy atom. The molecule has 2 aromatic carbocycles. The number of aromatic nitrogens is 1. The molecule has 6 nitrogen and oxygen atoms in total. The van der Waals surface area contributed by atoms with E-state index in [0.717, 1.165) is 28.5 Å². The molecule has 0 fully saturated rings. The molecule has 2 aromatic heterocycles. The van der Waals surface area contributed by atoms with E-state index >= 15 is 0 Å². The van der Waals surface area contributed by atoms with Crippen LogP contribution in [0.15, 0.2) is 57.9 Å². The number of rotatable bonds is 7. The van der Waals surface area contributed by atoms with Gasteiger partial charge in [-0.1, -0.05) is 18.2 Å².